The van der Waals surface area contributed by atoms with Crippen molar-refractivity contribution in [1.29, 1.82) is 0 Å². The van der Waals surface area contributed by atoms with Gasteiger partial charge in [-0.2, -0.15) is 0 Å². The molecular formula is C18H21N3O. The molecule has 1 atom stereocenters. The van der Waals surface area contributed by atoms with Gasteiger partial charge in [-0.1, -0.05) is 25.1 Å². The average Bonchev–Trinajstić information content (AvgIpc) is 2.56. The number of amides is 1. The van der Waals surface area contributed by atoms with Crippen LogP contribution in [0.25, 0.3) is 0 Å². The third-order valence-electron chi connectivity index (χ3n) is 4.00. The molecule has 3 rings (SSSR count). The van der Waals surface area contributed by atoms with Crippen LogP contribution in [0, 0.1) is 5.92 Å². The Hall–Kier alpha value is -2.36. The molecule has 1 aliphatic rings. The van der Waals surface area contributed by atoms with Gasteiger partial charge in [-0.3, -0.25) is 4.79 Å². The summed E-state index contributed by atoms with van der Waals surface area (Å²) in [6.07, 6.45) is 3.96. The second-order valence-electron chi connectivity index (χ2n) is 5.92. The van der Waals surface area contributed by atoms with Crippen LogP contribution in [0.15, 0.2) is 48.7 Å². The number of likely N-dealkylation sites (tertiary alicyclic amines) is 1. The summed E-state index contributed by atoms with van der Waals surface area (Å²) in [5, 5.41) is 3.22. The molecule has 4 nitrogen and oxygen atoms in total. The lowest BCUT2D eigenvalue weighted by atomic mass is 10.00. The van der Waals surface area contributed by atoms with Crippen molar-refractivity contribution in [2.24, 2.45) is 5.92 Å². The molecule has 1 unspecified atom stereocenters. The molecule has 0 saturated carbocycles. The smallest absolute Gasteiger partial charge is 0.255 e. The van der Waals surface area contributed by atoms with Crippen molar-refractivity contribution in [3.05, 3.63) is 54.2 Å². The van der Waals surface area contributed by atoms with E-state index in [9.17, 15) is 4.79 Å². The number of carbonyl (C=O) groups is 1. The van der Waals surface area contributed by atoms with Crippen LogP contribution in [0.4, 0.5) is 11.5 Å². The number of piperidine rings is 1. The maximum Gasteiger partial charge on any atom is 0.255 e. The first-order valence-electron chi connectivity index (χ1n) is 7.80. The lowest BCUT2D eigenvalue weighted by molar-refractivity contribution is 0.0682. The maximum absolute atomic E-state index is 12.5. The van der Waals surface area contributed by atoms with Crippen LogP contribution in [-0.2, 0) is 0 Å². The number of carbonyl (C=O) groups excluding carboxylic acids is 1. The Bertz CT molecular complexity index is 625. The van der Waals surface area contributed by atoms with Gasteiger partial charge >= 0.3 is 0 Å². The number of rotatable bonds is 3. The van der Waals surface area contributed by atoms with Crippen molar-refractivity contribution in [2.75, 3.05) is 18.4 Å². The molecule has 22 heavy (non-hydrogen) atoms. The molecule has 1 fully saturated rings. The van der Waals surface area contributed by atoms with E-state index in [1.54, 1.807) is 6.20 Å². The van der Waals surface area contributed by atoms with Gasteiger partial charge in [-0.05, 0) is 43.0 Å². The van der Waals surface area contributed by atoms with E-state index in [1.807, 2.05) is 47.4 Å². The van der Waals surface area contributed by atoms with Crippen molar-refractivity contribution >= 4 is 17.4 Å². The van der Waals surface area contributed by atoms with E-state index in [0.717, 1.165) is 31.0 Å². The molecule has 2 aromatic rings. The molecule has 0 spiro atoms. The number of para-hydroxylation sites is 1. The molecule has 4 heteroatoms. The van der Waals surface area contributed by atoms with Crippen molar-refractivity contribution in [3.63, 3.8) is 0 Å². The van der Waals surface area contributed by atoms with Gasteiger partial charge < -0.3 is 10.2 Å². The third kappa shape index (κ3) is 3.45. The van der Waals surface area contributed by atoms with Gasteiger partial charge in [0.15, 0.2) is 0 Å². The summed E-state index contributed by atoms with van der Waals surface area (Å²) in [7, 11) is 0. The van der Waals surface area contributed by atoms with Gasteiger partial charge in [0.05, 0.1) is 5.56 Å². The van der Waals surface area contributed by atoms with Crippen LogP contribution in [0.3, 0.4) is 0 Å². The van der Waals surface area contributed by atoms with Gasteiger partial charge in [0, 0.05) is 25.0 Å². The van der Waals surface area contributed by atoms with E-state index in [2.05, 4.69) is 17.2 Å². The molecule has 1 aliphatic heterocycles. The summed E-state index contributed by atoms with van der Waals surface area (Å²) in [4.78, 5) is 18.8. The summed E-state index contributed by atoms with van der Waals surface area (Å²) in [5.41, 5.74) is 1.65. The highest BCUT2D eigenvalue weighted by Crippen LogP contribution is 2.19. The third-order valence-corrected chi connectivity index (χ3v) is 4.00. The quantitative estimate of drug-likeness (QED) is 0.939. The van der Waals surface area contributed by atoms with Crippen LogP contribution in [0.5, 0.6) is 0 Å². The Labute approximate surface area is 131 Å². The molecule has 0 radical (unpaired) electrons. The first-order valence-corrected chi connectivity index (χ1v) is 7.80. The predicted molar refractivity (Wildman–Crippen MR) is 88.3 cm³/mol. The molecular weight excluding hydrogens is 274 g/mol. The molecule has 1 aromatic carbocycles. The molecule has 1 N–H and O–H groups in total. The van der Waals surface area contributed by atoms with Crippen LogP contribution < -0.4 is 5.32 Å². The topological polar surface area (TPSA) is 45.2 Å². The number of hydrogen-bond acceptors (Lipinski definition) is 3. The van der Waals surface area contributed by atoms with Crippen LogP contribution in [0.1, 0.15) is 30.1 Å². The predicted octanol–water partition coefficient (Wildman–Crippen LogP) is 3.70. The lowest BCUT2D eigenvalue weighted by Gasteiger charge is -2.30. The van der Waals surface area contributed by atoms with Gasteiger partial charge in [-0.25, -0.2) is 4.98 Å². The first kappa shape index (κ1) is 14.6. The number of hydrogen-bond donors (Lipinski definition) is 1. The summed E-state index contributed by atoms with van der Waals surface area (Å²) >= 11 is 0. The average molecular weight is 295 g/mol. The van der Waals surface area contributed by atoms with Crippen LogP contribution >= 0.6 is 0 Å². The van der Waals surface area contributed by atoms with E-state index in [0.29, 0.717) is 11.5 Å². The Balaban J connectivity index is 1.67. The highest BCUT2D eigenvalue weighted by atomic mass is 16.2. The maximum atomic E-state index is 12.5. The van der Waals surface area contributed by atoms with Crippen LogP contribution in [0.2, 0.25) is 0 Å². The second-order valence-corrected chi connectivity index (χ2v) is 5.92. The zero-order valence-electron chi connectivity index (χ0n) is 12.8. The summed E-state index contributed by atoms with van der Waals surface area (Å²) in [6, 6.07) is 13.6. The summed E-state index contributed by atoms with van der Waals surface area (Å²) in [6.45, 7) is 3.90. The Morgan fingerprint density at radius 1 is 1.23 bits per heavy atom. The first-order chi connectivity index (χ1) is 10.7. The normalized spacial score (nSPS) is 18.0. The number of nitrogens with zero attached hydrogens (tertiary/aromatic N) is 2. The fourth-order valence-electron chi connectivity index (χ4n) is 2.82. The number of nitrogens with one attached hydrogen (secondary N) is 1. The molecule has 0 bridgehead atoms. The van der Waals surface area contributed by atoms with Gasteiger partial charge in [0.2, 0.25) is 0 Å². The van der Waals surface area contributed by atoms with Gasteiger partial charge in [0.25, 0.3) is 5.91 Å². The van der Waals surface area contributed by atoms with E-state index >= 15 is 0 Å². The van der Waals surface area contributed by atoms with E-state index < -0.39 is 0 Å². The largest absolute Gasteiger partial charge is 0.340 e. The fourth-order valence-corrected chi connectivity index (χ4v) is 2.82. The Morgan fingerprint density at radius 2 is 2.05 bits per heavy atom. The molecule has 1 saturated heterocycles. The highest BCUT2D eigenvalue weighted by Gasteiger charge is 2.22. The molecule has 1 amide bonds. The van der Waals surface area contributed by atoms with Gasteiger partial charge in [0.1, 0.15) is 5.82 Å². The number of aromatic nitrogens is 1. The number of anilines is 2. The summed E-state index contributed by atoms with van der Waals surface area (Å²) < 4.78 is 0. The Kier molecular flexibility index (Phi) is 4.37. The van der Waals surface area contributed by atoms with Crippen LogP contribution in [-0.4, -0.2) is 28.9 Å². The van der Waals surface area contributed by atoms with E-state index in [1.165, 1.54) is 6.42 Å². The molecule has 0 aliphatic carbocycles. The minimum Gasteiger partial charge on any atom is -0.340 e. The van der Waals surface area contributed by atoms with E-state index in [-0.39, 0.29) is 5.91 Å². The van der Waals surface area contributed by atoms with Crippen molar-refractivity contribution in [3.8, 4) is 0 Å². The molecule has 2 heterocycles. The second kappa shape index (κ2) is 6.60. The monoisotopic (exact) mass is 295 g/mol. The zero-order valence-corrected chi connectivity index (χ0v) is 12.8. The minimum atomic E-state index is 0.0883. The van der Waals surface area contributed by atoms with Crippen molar-refractivity contribution < 1.29 is 4.79 Å². The SMILES string of the molecule is CC1CCCN(C(=O)c2ccc(Nc3ccccc3)nc2)C1. The number of benzene rings is 1. The minimum absolute atomic E-state index is 0.0883. The molecule has 114 valence electrons. The Morgan fingerprint density at radius 3 is 2.73 bits per heavy atom. The van der Waals surface area contributed by atoms with Gasteiger partial charge in [-0.15, -0.1) is 0 Å². The van der Waals surface area contributed by atoms with E-state index in [4.69, 9.17) is 0 Å². The van der Waals surface area contributed by atoms with Crippen molar-refractivity contribution in [1.82, 2.24) is 9.88 Å². The fraction of sp³-hybridized carbons (Fsp3) is 0.333. The van der Waals surface area contributed by atoms with Crippen molar-refractivity contribution in [2.45, 2.75) is 19.8 Å². The highest BCUT2D eigenvalue weighted by molar-refractivity contribution is 5.94. The standard InChI is InChI=1S/C18H21N3O/c1-14-6-5-11-21(13-14)18(22)15-9-10-17(19-12-15)20-16-7-3-2-4-8-16/h2-4,7-10,12,14H,5-6,11,13H2,1H3,(H,19,20). The molecule has 1 aromatic heterocycles. The number of pyridine rings is 1. The zero-order chi connectivity index (χ0) is 15.4. The lowest BCUT2D eigenvalue weighted by Crippen LogP contribution is -2.39. The summed E-state index contributed by atoms with van der Waals surface area (Å²) in [5.74, 6) is 1.42.